The van der Waals surface area contributed by atoms with Crippen LogP contribution in [0.4, 0.5) is 5.69 Å². The maximum absolute atomic E-state index is 5.79. The first kappa shape index (κ1) is 12.1. The summed E-state index contributed by atoms with van der Waals surface area (Å²) in [4.78, 5) is 12.6. The number of nitrogen functional groups attached to an aromatic ring is 1. The molecule has 0 saturated carbocycles. The van der Waals surface area contributed by atoms with E-state index in [2.05, 4.69) is 25.1 Å². The zero-order chi connectivity index (χ0) is 13.9. The number of hydrogen-bond acceptors (Lipinski definition) is 6. The van der Waals surface area contributed by atoms with Crippen LogP contribution in [0.2, 0.25) is 0 Å². The minimum Gasteiger partial charge on any atom is -0.496 e. The highest BCUT2D eigenvalue weighted by Gasteiger charge is 2.13. The van der Waals surface area contributed by atoms with Crippen LogP contribution in [-0.4, -0.2) is 32.3 Å². The van der Waals surface area contributed by atoms with E-state index in [1.54, 1.807) is 43.9 Å². The Labute approximate surface area is 114 Å². The van der Waals surface area contributed by atoms with Crippen molar-refractivity contribution in [2.75, 3.05) is 12.8 Å². The highest BCUT2D eigenvalue weighted by molar-refractivity contribution is 5.69. The maximum atomic E-state index is 5.79. The topological polar surface area (TPSA) is 103 Å². The Hall–Kier alpha value is -2.96. The van der Waals surface area contributed by atoms with Crippen LogP contribution in [0.3, 0.4) is 0 Å². The number of aromatic amines is 1. The lowest BCUT2D eigenvalue weighted by Crippen LogP contribution is -1.92. The molecule has 7 heteroatoms. The molecule has 0 fully saturated rings. The van der Waals surface area contributed by atoms with Gasteiger partial charge in [0.15, 0.2) is 11.6 Å². The number of aromatic nitrogens is 5. The fraction of sp³-hybridized carbons (Fsp3) is 0.0769. The number of H-pyrrole nitrogens is 1. The Balaban J connectivity index is 2.04. The largest absolute Gasteiger partial charge is 0.496 e. The van der Waals surface area contributed by atoms with Gasteiger partial charge in [-0.25, -0.2) is 9.97 Å². The molecule has 0 saturated heterocycles. The van der Waals surface area contributed by atoms with E-state index in [9.17, 15) is 0 Å². The molecule has 3 aromatic rings. The highest BCUT2D eigenvalue weighted by Crippen LogP contribution is 2.30. The van der Waals surface area contributed by atoms with E-state index in [1.807, 2.05) is 0 Å². The van der Waals surface area contributed by atoms with Crippen LogP contribution in [0.15, 0.2) is 36.8 Å². The number of rotatable bonds is 3. The van der Waals surface area contributed by atoms with Gasteiger partial charge in [-0.3, -0.25) is 10.1 Å². The number of methoxy groups -OCH3 is 1. The average molecular weight is 268 g/mol. The second kappa shape index (κ2) is 4.96. The predicted molar refractivity (Wildman–Crippen MR) is 73.8 cm³/mol. The summed E-state index contributed by atoms with van der Waals surface area (Å²) in [6, 6.07) is 5.31. The summed E-state index contributed by atoms with van der Waals surface area (Å²) in [5.41, 5.74) is 7.75. The first-order chi connectivity index (χ1) is 9.78. The fourth-order valence-electron chi connectivity index (χ4n) is 1.82. The molecule has 0 aliphatic heterocycles. The van der Waals surface area contributed by atoms with Crippen molar-refractivity contribution in [1.29, 1.82) is 0 Å². The lowest BCUT2D eigenvalue weighted by Gasteiger charge is -2.05. The zero-order valence-electron chi connectivity index (χ0n) is 10.7. The normalized spacial score (nSPS) is 10.4. The number of anilines is 1. The highest BCUT2D eigenvalue weighted by atomic mass is 16.5. The smallest absolute Gasteiger partial charge is 0.185 e. The van der Waals surface area contributed by atoms with Gasteiger partial charge < -0.3 is 10.5 Å². The molecule has 1 aromatic carbocycles. The molecule has 3 N–H and O–H groups in total. The minimum absolute atomic E-state index is 0.495. The molecule has 0 aliphatic rings. The van der Waals surface area contributed by atoms with Gasteiger partial charge in [0, 0.05) is 18.1 Å². The van der Waals surface area contributed by atoms with Crippen LogP contribution in [-0.2, 0) is 0 Å². The van der Waals surface area contributed by atoms with Crippen molar-refractivity contribution in [2.45, 2.75) is 0 Å². The Kier molecular flexibility index (Phi) is 3.00. The van der Waals surface area contributed by atoms with Gasteiger partial charge in [-0.2, -0.15) is 5.10 Å². The van der Waals surface area contributed by atoms with Gasteiger partial charge in [0.2, 0.25) is 0 Å². The Morgan fingerprint density at radius 2 is 2.15 bits per heavy atom. The summed E-state index contributed by atoms with van der Waals surface area (Å²) in [7, 11) is 1.59. The molecule has 0 atom stereocenters. The van der Waals surface area contributed by atoms with Gasteiger partial charge in [-0.1, -0.05) is 0 Å². The summed E-state index contributed by atoms with van der Waals surface area (Å²) < 4.78 is 5.29. The lowest BCUT2D eigenvalue weighted by molar-refractivity contribution is 0.416. The molecule has 0 amide bonds. The Morgan fingerprint density at radius 1 is 1.25 bits per heavy atom. The van der Waals surface area contributed by atoms with E-state index >= 15 is 0 Å². The van der Waals surface area contributed by atoms with Crippen LogP contribution in [0.5, 0.6) is 5.75 Å². The SMILES string of the molecule is COc1ccc(N)cc1-c1n[nH]c(-c2cnccn2)n1. The quantitative estimate of drug-likeness (QED) is 0.698. The van der Waals surface area contributed by atoms with Crippen molar-refractivity contribution < 1.29 is 4.74 Å². The summed E-state index contributed by atoms with van der Waals surface area (Å²) >= 11 is 0. The molecule has 2 aromatic heterocycles. The predicted octanol–water partition coefficient (Wildman–Crippen LogP) is 1.52. The Morgan fingerprint density at radius 3 is 2.90 bits per heavy atom. The van der Waals surface area contributed by atoms with E-state index < -0.39 is 0 Å². The summed E-state index contributed by atoms with van der Waals surface area (Å²) in [6.07, 6.45) is 4.81. The second-order valence-electron chi connectivity index (χ2n) is 4.06. The molecule has 20 heavy (non-hydrogen) atoms. The van der Waals surface area contributed by atoms with Crippen molar-refractivity contribution >= 4 is 5.69 Å². The van der Waals surface area contributed by atoms with Gasteiger partial charge in [-0.15, -0.1) is 0 Å². The van der Waals surface area contributed by atoms with Crippen molar-refractivity contribution in [3.8, 4) is 28.7 Å². The molecule has 0 aliphatic carbocycles. The van der Waals surface area contributed by atoms with Crippen LogP contribution in [0.1, 0.15) is 0 Å². The second-order valence-corrected chi connectivity index (χ2v) is 4.06. The van der Waals surface area contributed by atoms with E-state index in [-0.39, 0.29) is 0 Å². The molecule has 0 bridgehead atoms. The minimum atomic E-state index is 0.495. The molecule has 0 radical (unpaired) electrons. The van der Waals surface area contributed by atoms with Crippen molar-refractivity contribution in [2.24, 2.45) is 0 Å². The Bertz CT molecular complexity index is 725. The third-order valence-corrected chi connectivity index (χ3v) is 2.76. The number of ether oxygens (including phenoxy) is 1. The average Bonchev–Trinajstić information content (AvgIpc) is 2.98. The van der Waals surface area contributed by atoms with E-state index in [0.29, 0.717) is 28.8 Å². The third-order valence-electron chi connectivity index (χ3n) is 2.76. The molecular weight excluding hydrogens is 256 g/mol. The maximum Gasteiger partial charge on any atom is 0.185 e. The van der Waals surface area contributed by atoms with Crippen LogP contribution < -0.4 is 10.5 Å². The number of hydrogen-bond donors (Lipinski definition) is 2. The number of nitrogens with two attached hydrogens (primary N) is 1. The molecule has 100 valence electrons. The van der Waals surface area contributed by atoms with Gasteiger partial charge in [0.1, 0.15) is 11.4 Å². The van der Waals surface area contributed by atoms with Crippen molar-refractivity contribution in [3.05, 3.63) is 36.8 Å². The lowest BCUT2D eigenvalue weighted by atomic mass is 10.1. The monoisotopic (exact) mass is 268 g/mol. The molecule has 0 unspecified atom stereocenters. The standard InChI is InChI=1S/C13H12N6O/c1-20-11-3-2-8(14)6-9(11)12-17-13(19-18-12)10-7-15-4-5-16-10/h2-7H,14H2,1H3,(H,17,18,19). The molecule has 0 spiro atoms. The van der Waals surface area contributed by atoms with E-state index in [4.69, 9.17) is 10.5 Å². The summed E-state index contributed by atoms with van der Waals surface area (Å²) in [5.74, 6) is 1.69. The van der Waals surface area contributed by atoms with Gasteiger partial charge in [0.25, 0.3) is 0 Å². The first-order valence-corrected chi connectivity index (χ1v) is 5.90. The van der Waals surface area contributed by atoms with Crippen LogP contribution in [0, 0.1) is 0 Å². The molecule has 7 nitrogen and oxygen atoms in total. The molecule has 3 rings (SSSR count). The first-order valence-electron chi connectivity index (χ1n) is 5.90. The number of benzene rings is 1. The summed E-state index contributed by atoms with van der Waals surface area (Å²) in [6.45, 7) is 0. The van der Waals surface area contributed by atoms with Crippen LogP contribution >= 0.6 is 0 Å². The van der Waals surface area contributed by atoms with Crippen molar-refractivity contribution in [1.82, 2.24) is 25.1 Å². The molecule has 2 heterocycles. The van der Waals surface area contributed by atoms with Gasteiger partial charge in [0.05, 0.1) is 18.9 Å². The number of nitrogens with one attached hydrogen (secondary N) is 1. The van der Waals surface area contributed by atoms with Gasteiger partial charge in [-0.05, 0) is 18.2 Å². The van der Waals surface area contributed by atoms with E-state index in [1.165, 1.54) is 0 Å². The van der Waals surface area contributed by atoms with Crippen LogP contribution in [0.25, 0.3) is 22.9 Å². The third kappa shape index (κ3) is 2.16. The van der Waals surface area contributed by atoms with E-state index in [0.717, 1.165) is 5.56 Å². The number of nitrogens with zero attached hydrogens (tertiary/aromatic N) is 4. The molecular formula is C13H12N6O. The fourth-order valence-corrected chi connectivity index (χ4v) is 1.82. The van der Waals surface area contributed by atoms with Gasteiger partial charge >= 0.3 is 0 Å². The zero-order valence-corrected chi connectivity index (χ0v) is 10.7. The summed E-state index contributed by atoms with van der Waals surface area (Å²) in [5, 5.41) is 7.00. The van der Waals surface area contributed by atoms with Crippen molar-refractivity contribution in [3.63, 3.8) is 0 Å².